The summed E-state index contributed by atoms with van der Waals surface area (Å²) in [4.78, 5) is 3.95. The second-order valence-electron chi connectivity index (χ2n) is 4.10. The van der Waals surface area contributed by atoms with Gasteiger partial charge in [0.05, 0.1) is 10.2 Å². The van der Waals surface area contributed by atoms with Crippen LogP contribution in [-0.4, -0.2) is 4.98 Å². The number of hydrogen-bond donors (Lipinski definition) is 1. The molecule has 8 heteroatoms. The van der Waals surface area contributed by atoms with E-state index in [-0.39, 0.29) is 11.2 Å². The standard InChI is InChI=1S/C13H5F5N2S/c14-5-1-2-8-9(3-5)21-13(19-8)20-12-10(17)6(15)4-7(16)11(12)18/h1-4H,(H,19,20). The van der Waals surface area contributed by atoms with Gasteiger partial charge in [-0.25, -0.2) is 26.9 Å². The Morgan fingerprint density at radius 3 is 2.24 bits per heavy atom. The Bertz CT molecular complexity index is 820. The lowest BCUT2D eigenvalue weighted by atomic mass is 10.2. The average Bonchev–Trinajstić information content (AvgIpc) is 2.83. The molecule has 0 atom stereocenters. The Morgan fingerprint density at radius 2 is 1.57 bits per heavy atom. The van der Waals surface area contributed by atoms with Crippen LogP contribution in [0.5, 0.6) is 0 Å². The number of benzene rings is 2. The largest absolute Gasteiger partial charge is 0.326 e. The van der Waals surface area contributed by atoms with Crippen LogP contribution in [-0.2, 0) is 0 Å². The highest BCUT2D eigenvalue weighted by Gasteiger charge is 2.20. The van der Waals surface area contributed by atoms with Gasteiger partial charge in [0.15, 0.2) is 28.4 Å². The van der Waals surface area contributed by atoms with Gasteiger partial charge in [-0.1, -0.05) is 11.3 Å². The number of aromatic nitrogens is 1. The molecule has 108 valence electrons. The number of thiazole rings is 1. The monoisotopic (exact) mass is 316 g/mol. The number of nitrogens with one attached hydrogen (secondary N) is 1. The fourth-order valence-electron chi connectivity index (χ4n) is 1.74. The molecule has 0 amide bonds. The smallest absolute Gasteiger partial charge is 0.188 e. The fraction of sp³-hybridized carbons (Fsp3) is 0. The van der Waals surface area contributed by atoms with E-state index in [2.05, 4.69) is 10.3 Å². The van der Waals surface area contributed by atoms with Crippen molar-refractivity contribution in [2.24, 2.45) is 0 Å². The Kier molecular flexibility index (Phi) is 3.25. The molecule has 1 aromatic heterocycles. The average molecular weight is 316 g/mol. The second-order valence-corrected chi connectivity index (χ2v) is 5.13. The van der Waals surface area contributed by atoms with Crippen LogP contribution in [0.2, 0.25) is 0 Å². The first-order chi connectivity index (χ1) is 9.95. The number of hydrogen-bond acceptors (Lipinski definition) is 3. The van der Waals surface area contributed by atoms with Gasteiger partial charge in [0, 0.05) is 6.07 Å². The van der Waals surface area contributed by atoms with Crippen molar-refractivity contribution in [2.75, 3.05) is 5.32 Å². The molecule has 0 radical (unpaired) electrons. The lowest BCUT2D eigenvalue weighted by Crippen LogP contribution is -2.02. The Hall–Kier alpha value is -2.22. The molecule has 1 heterocycles. The third-order valence-corrected chi connectivity index (χ3v) is 3.63. The van der Waals surface area contributed by atoms with Gasteiger partial charge in [0.1, 0.15) is 11.5 Å². The normalized spacial score (nSPS) is 11.1. The molecule has 2 aromatic carbocycles. The maximum atomic E-state index is 13.5. The molecule has 0 fully saturated rings. The molecule has 0 unspecified atom stereocenters. The van der Waals surface area contributed by atoms with Gasteiger partial charge in [-0.05, 0) is 18.2 Å². The van der Waals surface area contributed by atoms with Crippen LogP contribution in [0.15, 0.2) is 24.3 Å². The summed E-state index contributed by atoms with van der Waals surface area (Å²) in [7, 11) is 0. The summed E-state index contributed by atoms with van der Waals surface area (Å²) in [5, 5.41) is 2.17. The van der Waals surface area contributed by atoms with E-state index in [4.69, 9.17) is 0 Å². The van der Waals surface area contributed by atoms with E-state index < -0.39 is 34.8 Å². The van der Waals surface area contributed by atoms with E-state index in [9.17, 15) is 22.0 Å². The van der Waals surface area contributed by atoms with Crippen molar-refractivity contribution in [3.63, 3.8) is 0 Å². The van der Waals surface area contributed by atoms with Gasteiger partial charge in [-0.2, -0.15) is 0 Å². The van der Waals surface area contributed by atoms with Crippen molar-refractivity contribution in [1.82, 2.24) is 4.98 Å². The first kappa shape index (κ1) is 13.7. The zero-order valence-corrected chi connectivity index (χ0v) is 10.9. The molecule has 3 rings (SSSR count). The van der Waals surface area contributed by atoms with Crippen molar-refractivity contribution in [1.29, 1.82) is 0 Å². The van der Waals surface area contributed by atoms with Gasteiger partial charge in [0.2, 0.25) is 0 Å². The summed E-state index contributed by atoms with van der Waals surface area (Å²) in [5.41, 5.74) is -0.589. The summed E-state index contributed by atoms with van der Waals surface area (Å²) in [6.45, 7) is 0. The molecule has 2 nitrogen and oxygen atoms in total. The van der Waals surface area contributed by atoms with Crippen LogP contribution in [0.3, 0.4) is 0 Å². The van der Waals surface area contributed by atoms with Crippen LogP contribution in [0, 0.1) is 29.1 Å². The third kappa shape index (κ3) is 2.42. The number of anilines is 2. The summed E-state index contributed by atoms with van der Waals surface area (Å²) >= 11 is 0.895. The maximum absolute atomic E-state index is 13.5. The van der Waals surface area contributed by atoms with Gasteiger partial charge >= 0.3 is 0 Å². The van der Waals surface area contributed by atoms with Crippen molar-refractivity contribution < 1.29 is 22.0 Å². The highest BCUT2D eigenvalue weighted by Crippen LogP contribution is 2.32. The van der Waals surface area contributed by atoms with Gasteiger partial charge in [-0.3, -0.25) is 0 Å². The highest BCUT2D eigenvalue weighted by atomic mass is 32.1. The zero-order valence-electron chi connectivity index (χ0n) is 10.1. The molecule has 3 aromatic rings. The minimum absolute atomic E-state index is 0.0154. The predicted molar refractivity (Wildman–Crippen MR) is 69.1 cm³/mol. The molecule has 0 aliphatic carbocycles. The Balaban J connectivity index is 2.06. The molecule has 0 saturated heterocycles. The van der Waals surface area contributed by atoms with Crippen molar-refractivity contribution in [3.05, 3.63) is 53.4 Å². The number of fused-ring (bicyclic) bond motifs is 1. The van der Waals surface area contributed by atoms with E-state index in [1.807, 2.05) is 0 Å². The van der Waals surface area contributed by atoms with Gasteiger partial charge < -0.3 is 5.32 Å². The van der Waals surface area contributed by atoms with Crippen molar-refractivity contribution in [3.8, 4) is 0 Å². The quantitative estimate of drug-likeness (QED) is 0.546. The first-order valence-corrected chi connectivity index (χ1v) is 6.43. The van der Waals surface area contributed by atoms with E-state index >= 15 is 0 Å². The minimum atomic E-state index is -1.56. The Labute approximate surface area is 118 Å². The second kappa shape index (κ2) is 4.96. The number of nitrogens with zero attached hydrogens (tertiary/aromatic N) is 1. The van der Waals surface area contributed by atoms with Crippen LogP contribution >= 0.6 is 11.3 Å². The zero-order chi connectivity index (χ0) is 15.1. The molecular weight excluding hydrogens is 311 g/mol. The minimum Gasteiger partial charge on any atom is -0.326 e. The molecule has 0 aliphatic heterocycles. The summed E-state index contributed by atoms with van der Waals surface area (Å²) in [6, 6.07) is 3.86. The van der Waals surface area contributed by atoms with Crippen LogP contribution in [0.25, 0.3) is 10.2 Å². The van der Waals surface area contributed by atoms with E-state index in [1.54, 1.807) is 0 Å². The molecular formula is C13H5F5N2S. The maximum Gasteiger partial charge on any atom is 0.188 e. The first-order valence-electron chi connectivity index (χ1n) is 5.62. The molecule has 0 spiro atoms. The van der Waals surface area contributed by atoms with Crippen molar-refractivity contribution >= 4 is 32.4 Å². The van der Waals surface area contributed by atoms with E-state index in [1.165, 1.54) is 18.2 Å². The summed E-state index contributed by atoms with van der Waals surface area (Å²) < 4.78 is 66.7. The van der Waals surface area contributed by atoms with E-state index in [0.717, 1.165) is 11.3 Å². The lowest BCUT2D eigenvalue weighted by molar-refractivity contribution is 0.459. The molecule has 0 bridgehead atoms. The lowest BCUT2D eigenvalue weighted by Gasteiger charge is -2.07. The third-order valence-electron chi connectivity index (χ3n) is 2.69. The summed E-state index contributed by atoms with van der Waals surface area (Å²) in [5.74, 6) is -6.65. The van der Waals surface area contributed by atoms with Crippen LogP contribution in [0.4, 0.5) is 32.8 Å². The summed E-state index contributed by atoms with van der Waals surface area (Å²) in [6.07, 6.45) is 0. The number of halogens is 5. The molecule has 21 heavy (non-hydrogen) atoms. The van der Waals surface area contributed by atoms with Crippen LogP contribution in [0.1, 0.15) is 0 Å². The fourth-order valence-corrected chi connectivity index (χ4v) is 2.64. The predicted octanol–water partition coefficient (Wildman–Crippen LogP) is 4.74. The SMILES string of the molecule is Fc1ccc2nc(Nc3c(F)c(F)cc(F)c3F)sc2c1. The van der Waals surface area contributed by atoms with Crippen LogP contribution < -0.4 is 5.32 Å². The molecule has 1 N–H and O–H groups in total. The molecule has 0 aliphatic rings. The highest BCUT2D eigenvalue weighted by molar-refractivity contribution is 7.22. The van der Waals surface area contributed by atoms with Gasteiger partial charge in [0.25, 0.3) is 0 Å². The number of rotatable bonds is 2. The van der Waals surface area contributed by atoms with E-state index in [0.29, 0.717) is 10.2 Å². The van der Waals surface area contributed by atoms with Crippen molar-refractivity contribution in [2.45, 2.75) is 0 Å². The molecule has 0 saturated carbocycles. The Morgan fingerprint density at radius 1 is 0.905 bits per heavy atom. The van der Waals surface area contributed by atoms with Gasteiger partial charge in [-0.15, -0.1) is 0 Å². The topological polar surface area (TPSA) is 24.9 Å².